The molecule has 28 heavy (non-hydrogen) atoms. The summed E-state index contributed by atoms with van der Waals surface area (Å²) in [5, 5.41) is 18.2. The van der Waals surface area contributed by atoms with Crippen LogP contribution in [0.5, 0.6) is 0 Å². The van der Waals surface area contributed by atoms with Crippen LogP contribution in [0.15, 0.2) is 26.7 Å². The second-order valence-electron chi connectivity index (χ2n) is 7.39. The predicted octanol–water partition coefficient (Wildman–Crippen LogP) is 1.56. The van der Waals surface area contributed by atoms with Gasteiger partial charge in [0.25, 0.3) is 0 Å². The Labute approximate surface area is 173 Å². The molecule has 0 radical (unpaired) electrons. The Hall–Kier alpha value is -1.16. The van der Waals surface area contributed by atoms with Crippen LogP contribution >= 0.6 is 11.3 Å². The van der Waals surface area contributed by atoms with Gasteiger partial charge in [-0.2, -0.15) is 0 Å². The van der Waals surface area contributed by atoms with Gasteiger partial charge >= 0.3 is 0 Å². The molecule has 0 amide bonds. The molecule has 2 heterocycles. The summed E-state index contributed by atoms with van der Waals surface area (Å²) in [5.41, 5.74) is 0. The van der Waals surface area contributed by atoms with E-state index in [1.807, 2.05) is 6.92 Å². The largest absolute Gasteiger partial charge is 0.390 e. The third-order valence-corrected chi connectivity index (χ3v) is 8.12. The van der Waals surface area contributed by atoms with E-state index in [1.54, 1.807) is 17.5 Å². The lowest BCUT2D eigenvalue weighted by atomic mass is 9.99. The first-order valence-electron chi connectivity index (χ1n) is 10.1. The zero-order chi connectivity index (χ0) is 20.4. The highest BCUT2D eigenvalue weighted by Gasteiger charge is 2.20. The first kappa shape index (κ1) is 23.1. The van der Waals surface area contributed by atoms with Crippen molar-refractivity contribution in [1.29, 1.82) is 0 Å². The van der Waals surface area contributed by atoms with Crippen molar-refractivity contribution in [1.82, 2.24) is 15.5 Å². The van der Waals surface area contributed by atoms with E-state index in [2.05, 4.69) is 27.4 Å². The molecule has 3 N–H and O–H groups in total. The molecule has 1 fully saturated rings. The molecule has 0 saturated carbocycles. The van der Waals surface area contributed by atoms with Crippen LogP contribution in [0.2, 0.25) is 0 Å². The Morgan fingerprint density at radius 1 is 1.39 bits per heavy atom. The van der Waals surface area contributed by atoms with Crippen LogP contribution in [0, 0.1) is 5.92 Å². The minimum Gasteiger partial charge on any atom is -0.390 e. The monoisotopic (exact) mass is 430 g/mol. The maximum Gasteiger partial charge on any atom is 0.191 e. The van der Waals surface area contributed by atoms with E-state index in [9.17, 15) is 13.5 Å². The van der Waals surface area contributed by atoms with E-state index in [0.717, 1.165) is 25.4 Å². The molecule has 0 aliphatic carbocycles. The van der Waals surface area contributed by atoms with E-state index >= 15 is 0 Å². The van der Waals surface area contributed by atoms with Crippen LogP contribution in [-0.4, -0.2) is 75.5 Å². The Morgan fingerprint density at radius 3 is 2.79 bits per heavy atom. The van der Waals surface area contributed by atoms with E-state index in [-0.39, 0.29) is 16.5 Å². The van der Waals surface area contributed by atoms with E-state index in [0.29, 0.717) is 12.5 Å². The molecule has 9 heteroatoms. The Morgan fingerprint density at radius 2 is 2.14 bits per heavy atom. The summed E-state index contributed by atoms with van der Waals surface area (Å²) in [5.74, 6) is 1.14. The molecule has 1 aromatic rings. The smallest absolute Gasteiger partial charge is 0.191 e. The number of guanidine groups is 1. The average molecular weight is 431 g/mol. The highest BCUT2D eigenvalue weighted by atomic mass is 32.2. The summed E-state index contributed by atoms with van der Waals surface area (Å²) in [4.78, 5) is 6.85. The third kappa shape index (κ3) is 8.06. The lowest BCUT2D eigenvalue weighted by molar-refractivity contribution is 0.191. The summed E-state index contributed by atoms with van der Waals surface area (Å²) in [6, 6.07) is 3.25. The number of aliphatic imine (C=N–C) groups is 1. The van der Waals surface area contributed by atoms with E-state index < -0.39 is 15.9 Å². The number of piperidine rings is 1. The normalized spacial score (nSPS) is 18.2. The summed E-state index contributed by atoms with van der Waals surface area (Å²) < 4.78 is 24.7. The average Bonchev–Trinajstić information content (AvgIpc) is 3.20. The standard InChI is InChI=1S/C19H34N4O3S2/c1-3-20-19(21-9-5-10-23-11-7-16(2)8-12-23)22-14-17(24)15-28(25,26)18-6-4-13-27-18/h4,6,13,16-17,24H,3,5,7-12,14-15H2,1-2H3,(H2,20,21,22). The van der Waals surface area contributed by atoms with E-state index in [1.165, 1.54) is 37.3 Å². The van der Waals surface area contributed by atoms with Crippen molar-refractivity contribution in [2.45, 2.75) is 43.4 Å². The molecule has 1 aliphatic rings. The Balaban J connectivity index is 1.73. The van der Waals surface area contributed by atoms with Crippen molar-refractivity contribution >= 4 is 27.1 Å². The number of aliphatic hydroxyl groups excluding tert-OH is 1. The van der Waals surface area contributed by atoms with Gasteiger partial charge in [-0.05, 0) is 63.2 Å². The maximum absolute atomic E-state index is 12.2. The lowest BCUT2D eigenvalue weighted by Gasteiger charge is -2.30. The molecule has 7 nitrogen and oxygen atoms in total. The minimum absolute atomic E-state index is 0.0456. The van der Waals surface area contributed by atoms with Gasteiger partial charge in [0.2, 0.25) is 0 Å². The van der Waals surface area contributed by atoms with Gasteiger partial charge in [0.15, 0.2) is 15.8 Å². The molecule has 0 aromatic carbocycles. The number of sulfone groups is 1. The van der Waals surface area contributed by atoms with Crippen molar-refractivity contribution in [3.8, 4) is 0 Å². The number of likely N-dealkylation sites (tertiary alicyclic amines) is 1. The zero-order valence-electron chi connectivity index (χ0n) is 16.9. The molecule has 1 atom stereocenters. The fourth-order valence-electron chi connectivity index (χ4n) is 3.16. The van der Waals surface area contributed by atoms with Crippen molar-refractivity contribution in [3.63, 3.8) is 0 Å². The molecule has 1 aliphatic heterocycles. The second kappa shape index (κ2) is 11.7. The summed E-state index contributed by atoms with van der Waals surface area (Å²) in [6.07, 6.45) is 2.56. The van der Waals surface area contributed by atoms with Crippen LogP contribution in [0.3, 0.4) is 0 Å². The van der Waals surface area contributed by atoms with Crippen LogP contribution in [0.25, 0.3) is 0 Å². The maximum atomic E-state index is 12.2. The quantitative estimate of drug-likeness (QED) is 0.296. The van der Waals surface area contributed by atoms with Crippen molar-refractivity contribution in [2.75, 3.05) is 45.0 Å². The number of nitrogens with one attached hydrogen (secondary N) is 2. The highest BCUT2D eigenvalue weighted by Crippen LogP contribution is 2.18. The van der Waals surface area contributed by atoms with Crippen molar-refractivity contribution in [3.05, 3.63) is 17.5 Å². The number of hydrogen-bond donors (Lipinski definition) is 3. The number of thiophene rings is 1. The molecule has 0 bridgehead atoms. The van der Waals surface area contributed by atoms with E-state index in [4.69, 9.17) is 0 Å². The van der Waals surface area contributed by atoms with Crippen LogP contribution < -0.4 is 10.6 Å². The van der Waals surface area contributed by atoms with Crippen LogP contribution in [0.1, 0.15) is 33.1 Å². The highest BCUT2D eigenvalue weighted by molar-refractivity contribution is 7.93. The molecule has 0 spiro atoms. The third-order valence-electron chi connectivity index (χ3n) is 4.84. The molecule has 2 rings (SSSR count). The van der Waals surface area contributed by atoms with Gasteiger partial charge in [-0.25, -0.2) is 8.42 Å². The fourth-order valence-corrected chi connectivity index (χ4v) is 5.63. The minimum atomic E-state index is -3.46. The Bertz CT molecular complexity index is 684. The molecular formula is C19H34N4O3S2. The fraction of sp³-hybridized carbons (Fsp3) is 0.737. The van der Waals surface area contributed by atoms with Crippen LogP contribution in [-0.2, 0) is 9.84 Å². The van der Waals surface area contributed by atoms with Crippen molar-refractivity contribution < 1.29 is 13.5 Å². The lowest BCUT2D eigenvalue weighted by Crippen LogP contribution is -2.40. The molecule has 1 aromatic heterocycles. The summed E-state index contributed by atoms with van der Waals surface area (Å²) in [6.45, 7) is 9.27. The predicted molar refractivity (Wildman–Crippen MR) is 116 cm³/mol. The molecule has 160 valence electrons. The van der Waals surface area contributed by atoms with Gasteiger partial charge in [-0.15, -0.1) is 11.3 Å². The van der Waals surface area contributed by atoms with Gasteiger partial charge in [0.05, 0.1) is 18.4 Å². The molecular weight excluding hydrogens is 396 g/mol. The zero-order valence-corrected chi connectivity index (χ0v) is 18.6. The van der Waals surface area contributed by atoms with Crippen molar-refractivity contribution in [2.24, 2.45) is 10.9 Å². The molecule has 1 saturated heterocycles. The number of rotatable bonds is 10. The Kier molecular flexibility index (Phi) is 9.70. The van der Waals surface area contributed by atoms with Gasteiger partial charge in [0, 0.05) is 13.1 Å². The van der Waals surface area contributed by atoms with Gasteiger partial charge < -0.3 is 20.6 Å². The number of hydrogen-bond acceptors (Lipinski definition) is 6. The first-order chi connectivity index (χ1) is 13.4. The summed E-state index contributed by atoms with van der Waals surface area (Å²) in [7, 11) is -3.46. The summed E-state index contributed by atoms with van der Waals surface area (Å²) >= 11 is 1.17. The second-order valence-corrected chi connectivity index (χ2v) is 10.6. The SMILES string of the molecule is CCNC(=NCC(O)CS(=O)(=O)c1cccs1)NCCCN1CCC(C)CC1. The number of aliphatic hydroxyl groups is 1. The first-order valence-corrected chi connectivity index (χ1v) is 12.6. The molecule has 1 unspecified atom stereocenters. The number of nitrogens with zero attached hydrogens (tertiary/aromatic N) is 2. The van der Waals surface area contributed by atoms with Gasteiger partial charge in [0.1, 0.15) is 4.21 Å². The van der Waals surface area contributed by atoms with Gasteiger partial charge in [-0.1, -0.05) is 13.0 Å². The van der Waals surface area contributed by atoms with Gasteiger partial charge in [-0.3, -0.25) is 4.99 Å². The van der Waals surface area contributed by atoms with Crippen LogP contribution in [0.4, 0.5) is 0 Å². The topological polar surface area (TPSA) is 94.0 Å².